The summed E-state index contributed by atoms with van der Waals surface area (Å²) >= 11 is 1.30. The predicted molar refractivity (Wildman–Crippen MR) is 75.7 cm³/mol. The first-order chi connectivity index (χ1) is 9.51. The van der Waals surface area contributed by atoms with Crippen LogP contribution >= 0.6 is 11.3 Å². The lowest BCUT2D eigenvalue weighted by atomic mass is 10.1. The van der Waals surface area contributed by atoms with Crippen molar-refractivity contribution in [1.82, 2.24) is 0 Å². The molecule has 0 unspecified atom stereocenters. The summed E-state index contributed by atoms with van der Waals surface area (Å²) in [5, 5.41) is 17.5. The maximum Gasteiger partial charge on any atom is 0.331 e. The van der Waals surface area contributed by atoms with Gasteiger partial charge in [0.15, 0.2) is 0 Å². The number of carboxylic acids is 1. The zero-order valence-electron chi connectivity index (χ0n) is 10.6. The van der Waals surface area contributed by atoms with Gasteiger partial charge in [0, 0.05) is 20.9 Å². The molecule has 1 aromatic heterocycles. The van der Waals surface area contributed by atoms with E-state index in [1.807, 2.05) is 6.07 Å². The van der Waals surface area contributed by atoms with E-state index in [9.17, 15) is 9.18 Å². The minimum absolute atomic E-state index is 0.221. The van der Waals surface area contributed by atoms with Gasteiger partial charge in [0.2, 0.25) is 0 Å². The van der Waals surface area contributed by atoms with Gasteiger partial charge < -0.3 is 5.11 Å². The Hall–Kier alpha value is -2.45. The van der Waals surface area contributed by atoms with Crippen LogP contribution < -0.4 is 0 Å². The zero-order valence-corrected chi connectivity index (χ0v) is 11.4. The van der Waals surface area contributed by atoms with Crippen LogP contribution in [-0.4, -0.2) is 11.1 Å². The standard InChI is InChI=1S/C15H10FNO2S/c1-9(15(18)19)6-11-3-5-14(20-11)12-4-2-10(8-17)7-13(12)16/h2-7H,1H3,(H,18,19)/b9-6+. The Bertz CT molecular complexity index is 741. The van der Waals surface area contributed by atoms with Crippen LogP contribution in [0.1, 0.15) is 17.4 Å². The van der Waals surface area contributed by atoms with Crippen molar-refractivity contribution in [3.05, 3.63) is 52.2 Å². The number of aliphatic carboxylic acids is 1. The molecule has 100 valence electrons. The molecule has 1 heterocycles. The summed E-state index contributed by atoms with van der Waals surface area (Å²) in [6.45, 7) is 1.50. The fraction of sp³-hybridized carbons (Fsp3) is 0.0667. The number of benzene rings is 1. The smallest absolute Gasteiger partial charge is 0.331 e. The number of halogens is 1. The predicted octanol–water partition coefficient (Wildman–Crippen LogP) is 3.91. The Morgan fingerprint density at radius 1 is 1.40 bits per heavy atom. The molecule has 0 amide bonds. The highest BCUT2D eigenvalue weighted by Crippen LogP contribution is 2.31. The first kappa shape index (κ1) is 14.0. The van der Waals surface area contributed by atoms with E-state index in [2.05, 4.69) is 0 Å². The van der Waals surface area contributed by atoms with Gasteiger partial charge in [-0.15, -0.1) is 11.3 Å². The molecule has 2 rings (SSSR count). The minimum Gasteiger partial charge on any atom is -0.478 e. The molecule has 0 fully saturated rings. The number of carbonyl (C=O) groups is 1. The Morgan fingerprint density at radius 2 is 2.15 bits per heavy atom. The number of thiophene rings is 1. The molecule has 0 aliphatic rings. The Kier molecular flexibility index (Phi) is 3.97. The van der Waals surface area contributed by atoms with E-state index in [4.69, 9.17) is 10.4 Å². The van der Waals surface area contributed by atoms with Gasteiger partial charge in [-0.2, -0.15) is 5.26 Å². The summed E-state index contributed by atoms with van der Waals surface area (Å²) in [6, 6.07) is 9.64. The molecular formula is C15H10FNO2S. The van der Waals surface area contributed by atoms with Gasteiger partial charge in [0.1, 0.15) is 5.82 Å². The van der Waals surface area contributed by atoms with Crippen LogP contribution in [0.3, 0.4) is 0 Å². The highest BCUT2D eigenvalue weighted by Gasteiger charge is 2.09. The highest BCUT2D eigenvalue weighted by atomic mass is 32.1. The number of nitriles is 1. The summed E-state index contributed by atoms with van der Waals surface area (Å²) in [4.78, 5) is 12.2. The van der Waals surface area contributed by atoms with E-state index in [1.54, 1.807) is 24.3 Å². The second-order valence-corrected chi connectivity index (χ2v) is 5.26. The van der Waals surface area contributed by atoms with Crippen molar-refractivity contribution in [2.75, 3.05) is 0 Å². The Morgan fingerprint density at radius 3 is 2.75 bits per heavy atom. The lowest BCUT2D eigenvalue weighted by Gasteiger charge is -1.99. The maximum atomic E-state index is 13.9. The number of rotatable bonds is 3. The molecule has 0 saturated carbocycles. The first-order valence-electron chi connectivity index (χ1n) is 5.72. The van der Waals surface area contributed by atoms with Crippen molar-refractivity contribution in [2.24, 2.45) is 0 Å². The van der Waals surface area contributed by atoms with E-state index in [1.165, 1.54) is 30.4 Å². The van der Waals surface area contributed by atoms with Gasteiger partial charge in [-0.1, -0.05) is 0 Å². The van der Waals surface area contributed by atoms with Crippen molar-refractivity contribution in [3.8, 4) is 16.5 Å². The SMILES string of the molecule is C/C(=C\c1ccc(-c2ccc(C#N)cc2F)s1)C(=O)O. The number of nitrogens with zero attached hydrogens (tertiary/aromatic N) is 1. The van der Waals surface area contributed by atoms with Crippen LogP contribution in [0.25, 0.3) is 16.5 Å². The molecule has 0 radical (unpaired) electrons. The van der Waals surface area contributed by atoms with Crippen LogP contribution in [0.2, 0.25) is 0 Å². The average molecular weight is 287 g/mol. The van der Waals surface area contributed by atoms with Crippen molar-refractivity contribution in [1.29, 1.82) is 5.26 Å². The molecule has 3 nitrogen and oxygen atoms in total. The van der Waals surface area contributed by atoms with Crippen LogP contribution in [0.5, 0.6) is 0 Å². The summed E-state index contributed by atoms with van der Waals surface area (Å²) in [7, 11) is 0. The van der Waals surface area contributed by atoms with Crippen molar-refractivity contribution in [2.45, 2.75) is 6.92 Å². The molecule has 0 bridgehead atoms. The lowest BCUT2D eigenvalue weighted by molar-refractivity contribution is -0.132. The molecule has 1 aromatic carbocycles. The zero-order chi connectivity index (χ0) is 14.7. The molecule has 0 atom stereocenters. The van der Waals surface area contributed by atoms with Crippen LogP contribution in [0, 0.1) is 17.1 Å². The van der Waals surface area contributed by atoms with Crippen LogP contribution in [-0.2, 0) is 4.79 Å². The molecule has 2 aromatic rings. The van der Waals surface area contributed by atoms with E-state index < -0.39 is 11.8 Å². The fourth-order valence-electron chi connectivity index (χ4n) is 1.63. The van der Waals surface area contributed by atoms with Crippen molar-refractivity contribution < 1.29 is 14.3 Å². The number of hydrogen-bond donors (Lipinski definition) is 1. The summed E-state index contributed by atoms with van der Waals surface area (Å²) < 4.78 is 13.9. The van der Waals surface area contributed by atoms with Crippen molar-refractivity contribution in [3.63, 3.8) is 0 Å². The van der Waals surface area contributed by atoms with Gasteiger partial charge >= 0.3 is 5.97 Å². The molecule has 0 aliphatic heterocycles. The highest BCUT2D eigenvalue weighted by molar-refractivity contribution is 7.16. The third-order valence-corrected chi connectivity index (χ3v) is 3.75. The van der Waals surface area contributed by atoms with Gasteiger partial charge in [-0.25, -0.2) is 9.18 Å². The Balaban J connectivity index is 2.37. The van der Waals surface area contributed by atoms with E-state index >= 15 is 0 Å². The normalized spacial score (nSPS) is 11.2. The van der Waals surface area contributed by atoms with Gasteiger partial charge in [-0.05, 0) is 43.3 Å². The molecule has 5 heteroatoms. The van der Waals surface area contributed by atoms with Crippen molar-refractivity contribution >= 4 is 23.4 Å². The third-order valence-electron chi connectivity index (χ3n) is 2.69. The number of hydrogen-bond acceptors (Lipinski definition) is 3. The molecule has 0 aliphatic carbocycles. The molecule has 1 N–H and O–H groups in total. The van der Waals surface area contributed by atoms with Crippen LogP contribution in [0.15, 0.2) is 35.9 Å². The van der Waals surface area contributed by atoms with E-state index in [0.717, 1.165) is 4.88 Å². The lowest BCUT2D eigenvalue weighted by Crippen LogP contribution is -1.94. The number of carboxylic acid groups (broad SMARTS) is 1. The van der Waals surface area contributed by atoms with Gasteiger partial charge in [0.05, 0.1) is 11.6 Å². The summed E-state index contributed by atoms with van der Waals surface area (Å²) in [5.41, 5.74) is 0.893. The fourth-order valence-corrected chi connectivity index (χ4v) is 2.67. The van der Waals surface area contributed by atoms with Crippen LogP contribution in [0.4, 0.5) is 4.39 Å². The molecule has 0 spiro atoms. The summed E-state index contributed by atoms with van der Waals surface area (Å²) in [5.74, 6) is -1.44. The molecule has 20 heavy (non-hydrogen) atoms. The quantitative estimate of drug-likeness (QED) is 0.870. The van der Waals surface area contributed by atoms with E-state index in [0.29, 0.717) is 10.4 Å². The largest absolute Gasteiger partial charge is 0.478 e. The van der Waals surface area contributed by atoms with E-state index in [-0.39, 0.29) is 11.1 Å². The van der Waals surface area contributed by atoms with Gasteiger partial charge in [0.25, 0.3) is 0 Å². The second-order valence-electron chi connectivity index (χ2n) is 4.14. The molecular weight excluding hydrogens is 277 g/mol. The monoisotopic (exact) mass is 287 g/mol. The summed E-state index contributed by atoms with van der Waals surface area (Å²) in [6.07, 6.45) is 1.54. The maximum absolute atomic E-state index is 13.9. The molecule has 0 saturated heterocycles. The first-order valence-corrected chi connectivity index (χ1v) is 6.54. The second kappa shape index (κ2) is 5.68. The third kappa shape index (κ3) is 2.92. The Labute approximate surface area is 119 Å². The topological polar surface area (TPSA) is 61.1 Å². The average Bonchev–Trinajstić information content (AvgIpc) is 2.86. The minimum atomic E-state index is -0.982. The van der Waals surface area contributed by atoms with Gasteiger partial charge in [-0.3, -0.25) is 0 Å².